The number of nitrogens with zero attached hydrogens (tertiary/aromatic N) is 19. The van der Waals surface area contributed by atoms with Gasteiger partial charge in [0.2, 0.25) is 39.1 Å². The van der Waals surface area contributed by atoms with Gasteiger partial charge in [-0.2, -0.15) is 45.2 Å². The van der Waals surface area contributed by atoms with Crippen LogP contribution in [0.5, 0.6) is 0 Å². The molecular weight excluding hydrogens is 1340 g/mol. The fourth-order valence-electron chi connectivity index (χ4n) is 17.1. The number of hydrogen-bond acceptors (Lipinski definition) is 20. The lowest BCUT2D eigenvalue weighted by Gasteiger charge is -2.48. The first kappa shape index (κ1) is 65.6. The van der Waals surface area contributed by atoms with E-state index >= 15 is 0 Å². The zero-order chi connectivity index (χ0) is 71.9. The second kappa shape index (κ2) is 24.8. The number of hydrogen-bond donors (Lipinski definition) is 0. The van der Waals surface area contributed by atoms with Crippen LogP contribution in [-0.2, 0) is 46.0 Å². The fraction of sp³-hybridized carbons (Fsp3) is 0.368. The van der Waals surface area contributed by atoms with Crippen LogP contribution in [-0.4, -0.2) is 167 Å². The lowest BCUT2D eigenvalue weighted by molar-refractivity contribution is -0.141. The number of amides is 2. The number of sulfonamides is 1. The van der Waals surface area contributed by atoms with E-state index in [0.29, 0.717) is 102 Å². The second-order valence-corrected chi connectivity index (χ2v) is 31.0. The first-order valence-electron chi connectivity index (χ1n) is 35.2. The van der Waals surface area contributed by atoms with Crippen LogP contribution in [0, 0.1) is 57.7 Å². The first-order valence-corrected chi connectivity index (χ1v) is 36.8. The van der Waals surface area contributed by atoms with E-state index in [1.165, 1.54) is 21.8 Å². The van der Waals surface area contributed by atoms with Crippen LogP contribution in [0.4, 0.5) is 4.79 Å². The third-order valence-corrected chi connectivity index (χ3v) is 24.1. The Morgan fingerprint density at radius 3 is 1.63 bits per heavy atom. The molecule has 3 aliphatic heterocycles. The Balaban J connectivity index is 0.000000103. The quantitative estimate of drug-likeness (QED) is 0.123. The summed E-state index contributed by atoms with van der Waals surface area (Å²) >= 11 is 0. The average molecular weight is 1410 g/mol. The van der Waals surface area contributed by atoms with Crippen molar-refractivity contribution < 1.29 is 37.2 Å². The largest absolute Gasteiger partial charge is 0.345 e. The molecule has 520 valence electrons. The van der Waals surface area contributed by atoms with Crippen molar-refractivity contribution in [3.63, 3.8) is 0 Å². The Bertz CT molecular complexity index is 5540. The molecule has 8 aromatic rings. The predicted molar refractivity (Wildman–Crippen MR) is 375 cm³/mol. The zero-order valence-corrected chi connectivity index (χ0v) is 58.1. The third kappa shape index (κ3) is 9.94. The van der Waals surface area contributed by atoms with E-state index in [-0.39, 0.29) is 78.2 Å². The average Bonchev–Trinajstić information content (AvgIpc) is 1.49. The molecule has 2 unspecified atom stereocenters. The summed E-state index contributed by atoms with van der Waals surface area (Å²) in [6.07, 6.45) is 28.8. The van der Waals surface area contributed by atoms with Gasteiger partial charge in [-0.15, -0.1) is 0 Å². The Kier molecular flexibility index (Phi) is 15.7. The molecule has 0 spiro atoms. The van der Waals surface area contributed by atoms with Gasteiger partial charge in [0.15, 0.2) is 0 Å². The van der Waals surface area contributed by atoms with E-state index in [2.05, 4.69) is 70.4 Å². The highest BCUT2D eigenvalue weighted by Gasteiger charge is 2.53. The molecule has 3 saturated heterocycles. The zero-order valence-electron chi connectivity index (χ0n) is 57.3. The monoisotopic (exact) mass is 1410 g/mol. The van der Waals surface area contributed by atoms with E-state index in [0.717, 1.165) is 116 Å². The van der Waals surface area contributed by atoms with E-state index in [1.54, 1.807) is 75.8 Å². The molecule has 0 bridgehead atoms. The third-order valence-electron chi connectivity index (χ3n) is 22.3. The molecule has 11 heterocycles. The minimum absolute atomic E-state index is 0.00180. The van der Waals surface area contributed by atoms with Crippen molar-refractivity contribution in [1.82, 2.24) is 78.1 Å². The number of fused-ring (bicyclic) bond motifs is 8. The van der Waals surface area contributed by atoms with Crippen LogP contribution >= 0.6 is 0 Å². The van der Waals surface area contributed by atoms with Crippen molar-refractivity contribution >= 4 is 67.4 Å². The molecule has 8 aromatic heterocycles. The normalized spacial score (nSPS) is 18.9. The van der Waals surface area contributed by atoms with Crippen LogP contribution in [0.3, 0.4) is 0 Å². The van der Waals surface area contributed by atoms with Gasteiger partial charge in [0.25, 0.3) is 0 Å². The maximum Gasteiger partial charge on any atom is 0.345 e. The van der Waals surface area contributed by atoms with Gasteiger partial charge in [0.1, 0.15) is 40.7 Å². The second-order valence-electron chi connectivity index (χ2n) is 28.8. The minimum atomic E-state index is -3.35. The lowest BCUT2D eigenvalue weighted by atomic mass is 9.84. The van der Waals surface area contributed by atoms with E-state index < -0.39 is 21.6 Å². The molecular formula is C76H67N19O8S. The smallest absolute Gasteiger partial charge is 0.338 e. The van der Waals surface area contributed by atoms with E-state index in [4.69, 9.17) is 5.26 Å². The molecule has 28 heteroatoms. The van der Waals surface area contributed by atoms with Crippen molar-refractivity contribution in [3.05, 3.63) is 160 Å². The molecule has 0 aromatic carbocycles. The van der Waals surface area contributed by atoms with Gasteiger partial charge in [-0.1, -0.05) is 57.9 Å². The van der Waals surface area contributed by atoms with Crippen molar-refractivity contribution in [2.45, 2.75) is 110 Å². The highest BCUT2D eigenvalue weighted by atomic mass is 32.2. The molecule has 12 aliphatic rings. The Labute approximate surface area is 596 Å². The predicted octanol–water partition coefficient (Wildman–Crippen LogP) is 8.74. The number of pyridine rings is 3. The highest BCUT2D eigenvalue weighted by molar-refractivity contribution is 7.89. The lowest BCUT2D eigenvalue weighted by Crippen LogP contribution is -2.65. The minimum Gasteiger partial charge on any atom is -0.338 e. The Morgan fingerprint density at radius 2 is 1.09 bits per heavy atom. The van der Waals surface area contributed by atoms with Gasteiger partial charge in [-0.25, -0.2) is 27.9 Å². The summed E-state index contributed by atoms with van der Waals surface area (Å²) < 4.78 is 32.0. The van der Waals surface area contributed by atoms with Gasteiger partial charge in [-0.05, 0) is 72.4 Å². The molecule has 20 rings (SSSR count). The Morgan fingerprint density at radius 1 is 0.587 bits per heavy atom. The standard InChI is InChI=1S/C21H19N5O2.C19H17N5O3S.C19H17N5O.C17H14N4O2/c1-11(2)18(21(28)25-9-12(7-22)10-25)26-19-15(8-24-26)13-5-6-23-16-4-3-14(17(13)16)20(19)27;1-2-28(26,27)23-10-19(11-23,6-7-20)24-17-14(9-22-24)12-5-8-21-15-4-3-13(16(12)15)18(17)25;20-8-7-15(11-3-1-2-4-11)24-18-13(9-23-24)17-16-12(19(18)25)5-6-14(16)21-10-22-17;1-9-7-20(8-9)17(23)21-15-12(6-19-21)10-4-5-18-13-3-2-11(14(10)13)16(15)22/h3,5-6,8,11-12,18H,4,9-10H2,1-2H3;3,5,8-9H,2,4,6,10-11H2,1H3;5,9-11,15H,1-4,6-7H2;2,4-6,9H,3,7-8H2,1H3. The Hall–Kier alpha value is -11.7. The molecule has 0 radical (unpaired) electrons. The summed E-state index contributed by atoms with van der Waals surface area (Å²) in [7, 11) is -3.35. The SMILES string of the molecule is CC(C)C(C(=O)N1CC(C#N)C1)n1ncc2c1C(=O)C1=CCc3nccc-2c31.CC1CN(C(=O)n2ncc3c2C(=O)C2=CCc4nccc-3c42)C1.CCS(=O)(=O)N1CC(CC#N)(n2ncc3c2C(=O)C2=CCc4nccc-3c42)C1.N#CCC(C1CCCC1)n1ncc2c1C(=O)C1=CCc3ncnc-2c31. The summed E-state index contributed by atoms with van der Waals surface area (Å²) in [5.41, 5.74) is 17.5. The van der Waals surface area contributed by atoms with E-state index in [9.17, 15) is 47.7 Å². The first-order chi connectivity index (χ1) is 50.4. The van der Waals surface area contributed by atoms with Crippen molar-refractivity contribution in [3.8, 4) is 62.8 Å². The van der Waals surface area contributed by atoms with Crippen molar-refractivity contribution in [2.75, 3.05) is 45.0 Å². The van der Waals surface area contributed by atoms with Gasteiger partial charge in [-0.3, -0.25) is 48.3 Å². The van der Waals surface area contributed by atoms with Gasteiger partial charge < -0.3 is 9.80 Å². The number of nitriles is 3. The number of carbonyl (C=O) groups is 6. The molecule has 27 nitrogen and oxygen atoms in total. The summed E-state index contributed by atoms with van der Waals surface area (Å²) in [5.74, 6) is 0.328. The molecule has 104 heavy (non-hydrogen) atoms. The summed E-state index contributed by atoms with van der Waals surface area (Å²) in [4.78, 5) is 104. The molecule has 2 amide bonds. The molecule has 4 fully saturated rings. The van der Waals surface area contributed by atoms with Crippen molar-refractivity contribution in [1.29, 1.82) is 15.8 Å². The number of Topliss-reactive ketones (excluding diaryl/α,β-unsaturated/α-hetero) is 4. The fourth-order valence-corrected chi connectivity index (χ4v) is 18.4. The van der Waals surface area contributed by atoms with Gasteiger partial charge >= 0.3 is 6.03 Å². The van der Waals surface area contributed by atoms with Gasteiger partial charge in [0, 0.05) is 145 Å². The summed E-state index contributed by atoms with van der Waals surface area (Å²) in [5, 5.41) is 45.4. The number of allylic oxidation sites excluding steroid dienone is 8. The molecule has 1 saturated carbocycles. The van der Waals surface area contributed by atoms with Crippen LogP contribution in [0.2, 0.25) is 0 Å². The number of likely N-dealkylation sites (tertiary alicyclic amines) is 2. The molecule has 9 aliphatic carbocycles. The maximum absolute atomic E-state index is 13.3. The number of rotatable bonds is 10. The highest BCUT2D eigenvalue weighted by Crippen LogP contribution is 2.50. The van der Waals surface area contributed by atoms with Crippen molar-refractivity contribution in [2.24, 2.45) is 23.7 Å². The number of ketones is 4. The van der Waals surface area contributed by atoms with Crippen LogP contribution < -0.4 is 0 Å². The maximum atomic E-state index is 13.3. The molecule has 2 atom stereocenters. The summed E-state index contributed by atoms with van der Waals surface area (Å²) in [6.45, 7) is 10.2. The van der Waals surface area contributed by atoms with E-state index in [1.807, 2.05) is 61.0 Å². The number of carbonyl (C=O) groups excluding carboxylic acids is 6. The number of aromatic nitrogens is 13. The molecule has 0 N–H and O–H groups in total. The van der Waals surface area contributed by atoms with Crippen LogP contribution in [0.25, 0.3) is 66.9 Å². The van der Waals surface area contributed by atoms with Crippen LogP contribution in [0.1, 0.15) is 165 Å². The summed E-state index contributed by atoms with van der Waals surface area (Å²) in [6, 6.07) is 11.5. The van der Waals surface area contributed by atoms with Crippen LogP contribution in [0.15, 0.2) is 92.2 Å². The topological polar surface area (TPSA) is 353 Å². The van der Waals surface area contributed by atoms with Gasteiger partial charge in [0.05, 0.1) is 108 Å².